The number of para-hydroxylation sites is 1. The van der Waals surface area contributed by atoms with Gasteiger partial charge in [0.15, 0.2) is 0 Å². The Morgan fingerprint density at radius 2 is 2.05 bits per heavy atom. The third kappa shape index (κ3) is 3.57. The minimum atomic E-state index is -0.692. The summed E-state index contributed by atoms with van der Waals surface area (Å²) in [4.78, 5) is 10.5. The van der Waals surface area contributed by atoms with Crippen LogP contribution in [-0.2, 0) is 6.54 Å². The molecule has 0 amide bonds. The zero-order valence-electron chi connectivity index (χ0n) is 12.0. The molecule has 112 valence electrons. The Bertz CT molecular complexity index is 625. The van der Waals surface area contributed by atoms with Crippen LogP contribution in [-0.4, -0.2) is 32.5 Å². The fourth-order valence-electron chi connectivity index (χ4n) is 2.19. The SMILES string of the molecule is Cc1nn(CC(O)CNc2ccccc2)c(C)c1[N+](=O)[O-]. The van der Waals surface area contributed by atoms with Gasteiger partial charge in [0, 0.05) is 12.2 Å². The van der Waals surface area contributed by atoms with E-state index in [-0.39, 0.29) is 12.2 Å². The number of hydrogen-bond donors (Lipinski definition) is 2. The smallest absolute Gasteiger partial charge is 0.312 e. The fourth-order valence-corrected chi connectivity index (χ4v) is 2.19. The van der Waals surface area contributed by atoms with Gasteiger partial charge >= 0.3 is 5.69 Å². The van der Waals surface area contributed by atoms with Gasteiger partial charge in [0.05, 0.1) is 17.6 Å². The van der Waals surface area contributed by atoms with Gasteiger partial charge in [0.1, 0.15) is 11.4 Å². The van der Waals surface area contributed by atoms with E-state index in [4.69, 9.17) is 0 Å². The largest absolute Gasteiger partial charge is 0.389 e. The molecular formula is C14H18N4O3. The zero-order valence-corrected chi connectivity index (χ0v) is 12.0. The Balaban J connectivity index is 1.98. The number of nitrogens with one attached hydrogen (secondary N) is 1. The number of aromatic nitrogens is 2. The van der Waals surface area contributed by atoms with Crippen LogP contribution in [0.1, 0.15) is 11.4 Å². The Hall–Kier alpha value is -2.41. The van der Waals surface area contributed by atoms with Crippen molar-refractivity contribution in [1.29, 1.82) is 0 Å². The predicted molar refractivity (Wildman–Crippen MR) is 79.3 cm³/mol. The summed E-state index contributed by atoms with van der Waals surface area (Å²) >= 11 is 0. The summed E-state index contributed by atoms with van der Waals surface area (Å²) < 4.78 is 1.48. The van der Waals surface area contributed by atoms with Crippen LogP contribution in [0.25, 0.3) is 0 Å². The highest BCUT2D eigenvalue weighted by atomic mass is 16.6. The summed E-state index contributed by atoms with van der Waals surface area (Å²) in [6, 6.07) is 9.52. The van der Waals surface area contributed by atoms with E-state index in [1.54, 1.807) is 13.8 Å². The molecule has 1 heterocycles. The van der Waals surface area contributed by atoms with Gasteiger partial charge < -0.3 is 10.4 Å². The summed E-state index contributed by atoms with van der Waals surface area (Å²) in [6.45, 7) is 3.78. The number of hydrogen-bond acceptors (Lipinski definition) is 5. The highest BCUT2D eigenvalue weighted by molar-refractivity contribution is 5.42. The molecule has 0 spiro atoms. The average Bonchev–Trinajstić information content (AvgIpc) is 2.72. The molecule has 7 heteroatoms. The van der Waals surface area contributed by atoms with Crippen molar-refractivity contribution in [3.05, 3.63) is 51.8 Å². The molecule has 2 aromatic rings. The van der Waals surface area contributed by atoms with Crippen LogP contribution in [0.15, 0.2) is 30.3 Å². The second-order valence-electron chi connectivity index (χ2n) is 4.86. The molecule has 0 aliphatic heterocycles. The van der Waals surface area contributed by atoms with Crippen LogP contribution >= 0.6 is 0 Å². The van der Waals surface area contributed by atoms with Crippen LogP contribution in [0.3, 0.4) is 0 Å². The van der Waals surface area contributed by atoms with Crippen LogP contribution in [0.4, 0.5) is 11.4 Å². The molecule has 0 radical (unpaired) electrons. The summed E-state index contributed by atoms with van der Waals surface area (Å²) in [7, 11) is 0. The van der Waals surface area contributed by atoms with E-state index in [0.717, 1.165) is 5.69 Å². The van der Waals surface area contributed by atoms with Crippen molar-refractivity contribution in [2.75, 3.05) is 11.9 Å². The summed E-state index contributed by atoms with van der Waals surface area (Å²) in [5, 5.41) is 28.2. The standard InChI is InChI=1S/C14H18N4O3/c1-10-14(18(20)21)11(2)17(16-10)9-13(19)8-15-12-6-4-3-5-7-12/h3-7,13,15,19H,8-9H2,1-2H3. The van der Waals surface area contributed by atoms with Crippen molar-refractivity contribution < 1.29 is 10.0 Å². The van der Waals surface area contributed by atoms with E-state index in [2.05, 4.69) is 10.4 Å². The number of aryl methyl sites for hydroxylation is 1. The number of aliphatic hydroxyl groups excluding tert-OH is 1. The average molecular weight is 290 g/mol. The lowest BCUT2D eigenvalue weighted by Gasteiger charge is -2.13. The molecule has 2 rings (SSSR count). The van der Waals surface area contributed by atoms with Gasteiger partial charge in [-0.25, -0.2) is 0 Å². The number of aliphatic hydroxyl groups is 1. The molecule has 1 unspecified atom stereocenters. The molecule has 0 bridgehead atoms. The van der Waals surface area contributed by atoms with Gasteiger partial charge in [-0.15, -0.1) is 0 Å². The molecule has 0 aliphatic carbocycles. The first-order chi connectivity index (χ1) is 9.99. The third-order valence-corrected chi connectivity index (χ3v) is 3.23. The van der Waals surface area contributed by atoms with Gasteiger partial charge in [-0.1, -0.05) is 18.2 Å². The van der Waals surface area contributed by atoms with E-state index < -0.39 is 11.0 Å². The number of nitro groups is 1. The number of nitrogens with zero attached hydrogens (tertiary/aromatic N) is 3. The summed E-state index contributed by atoms with van der Waals surface area (Å²) in [5.41, 5.74) is 1.74. The highest BCUT2D eigenvalue weighted by Gasteiger charge is 2.22. The highest BCUT2D eigenvalue weighted by Crippen LogP contribution is 2.21. The molecule has 0 aliphatic rings. The number of anilines is 1. The van der Waals surface area contributed by atoms with Crippen molar-refractivity contribution in [2.45, 2.75) is 26.5 Å². The Morgan fingerprint density at radius 1 is 1.38 bits per heavy atom. The normalized spacial score (nSPS) is 12.1. The maximum atomic E-state index is 10.9. The molecule has 0 fully saturated rings. The van der Waals surface area contributed by atoms with E-state index in [1.165, 1.54) is 4.68 Å². The first kappa shape index (κ1) is 15.0. The van der Waals surface area contributed by atoms with Crippen molar-refractivity contribution >= 4 is 11.4 Å². The van der Waals surface area contributed by atoms with Gasteiger partial charge in [-0.2, -0.15) is 5.10 Å². The van der Waals surface area contributed by atoms with Crippen molar-refractivity contribution in [3.8, 4) is 0 Å². The minimum absolute atomic E-state index is 0.0122. The predicted octanol–water partition coefficient (Wildman–Crippen LogP) is 1.88. The maximum absolute atomic E-state index is 10.9. The monoisotopic (exact) mass is 290 g/mol. The van der Waals surface area contributed by atoms with E-state index in [0.29, 0.717) is 17.9 Å². The third-order valence-electron chi connectivity index (χ3n) is 3.23. The summed E-state index contributed by atoms with van der Waals surface area (Å²) in [6.07, 6.45) is -0.692. The second kappa shape index (κ2) is 6.36. The van der Waals surface area contributed by atoms with Crippen molar-refractivity contribution in [3.63, 3.8) is 0 Å². The van der Waals surface area contributed by atoms with E-state index in [9.17, 15) is 15.2 Å². The van der Waals surface area contributed by atoms with Crippen molar-refractivity contribution in [2.24, 2.45) is 0 Å². The molecule has 7 nitrogen and oxygen atoms in total. The Kier molecular flexibility index (Phi) is 4.54. The number of rotatable bonds is 6. The lowest BCUT2D eigenvalue weighted by atomic mass is 10.3. The first-order valence-corrected chi connectivity index (χ1v) is 6.64. The van der Waals surface area contributed by atoms with Crippen LogP contribution in [0.5, 0.6) is 0 Å². The van der Waals surface area contributed by atoms with E-state index >= 15 is 0 Å². The fraction of sp³-hybridized carbons (Fsp3) is 0.357. The van der Waals surface area contributed by atoms with E-state index in [1.807, 2.05) is 30.3 Å². The molecule has 2 N–H and O–H groups in total. The topological polar surface area (TPSA) is 93.2 Å². The first-order valence-electron chi connectivity index (χ1n) is 6.64. The zero-order chi connectivity index (χ0) is 15.4. The Labute approximate surface area is 122 Å². The van der Waals surface area contributed by atoms with Gasteiger partial charge in [-0.3, -0.25) is 14.8 Å². The molecule has 1 aromatic heterocycles. The molecule has 0 saturated carbocycles. The molecule has 1 aromatic carbocycles. The lowest BCUT2D eigenvalue weighted by Crippen LogP contribution is -2.26. The molecular weight excluding hydrogens is 272 g/mol. The molecule has 0 saturated heterocycles. The number of benzene rings is 1. The second-order valence-corrected chi connectivity index (χ2v) is 4.86. The maximum Gasteiger partial charge on any atom is 0.312 e. The molecule has 1 atom stereocenters. The van der Waals surface area contributed by atoms with Crippen LogP contribution in [0.2, 0.25) is 0 Å². The van der Waals surface area contributed by atoms with Crippen molar-refractivity contribution in [1.82, 2.24) is 9.78 Å². The lowest BCUT2D eigenvalue weighted by molar-refractivity contribution is -0.386. The van der Waals surface area contributed by atoms with Gasteiger partial charge in [-0.05, 0) is 26.0 Å². The van der Waals surface area contributed by atoms with Gasteiger partial charge in [0.2, 0.25) is 0 Å². The van der Waals surface area contributed by atoms with Gasteiger partial charge in [0.25, 0.3) is 0 Å². The Morgan fingerprint density at radius 3 is 2.62 bits per heavy atom. The molecule has 21 heavy (non-hydrogen) atoms. The minimum Gasteiger partial charge on any atom is -0.389 e. The van der Waals surface area contributed by atoms with Crippen LogP contribution in [0, 0.1) is 24.0 Å². The summed E-state index contributed by atoms with van der Waals surface area (Å²) in [5.74, 6) is 0. The van der Waals surface area contributed by atoms with Crippen LogP contribution < -0.4 is 5.32 Å². The quantitative estimate of drug-likeness (QED) is 0.626.